The number of methoxy groups -OCH3 is 1. The summed E-state index contributed by atoms with van der Waals surface area (Å²) in [6.45, 7) is 0. The Morgan fingerprint density at radius 3 is 2.54 bits per heavy atom. The third-order valence-electron chi connectivity index (χ3n) is 5.88. The predicted octanol–water partition coefficient (Wildman–Crippen LogP) is 4.46. The van der Waals surface area contributed by atoms with Gasteiger partial charge in [0.2, 0.25) is 0 Å². The molecule has 0 aliphatic heterocycles. The summed E-state index contributed by atoms with van der Waals surface area (Å²) in [5.41, 5.74) is 2.31. The van der Waals surface area contributed by atoms with Crippen molar-refractivity contribution in [3.05, 3.63) is 65.7 Å². The van der Waals surface area contributed by atoms with Gasteiger partial charge in [0.25, 0.3) is 0 Å². The van der Waals surface area contributed by atoms with E-state index in [1.165, 1.54) is 11.1 Å². The highest BCUT2D eigenvalue weighted by Gasteiger charge is 2.47. The van der Waals surface area contributed by atoms with Crippen LogP contribution in [0.25, 0.3) is 0 Å². The molecule has 0 aromatic heterocycles. The van der Waals surface area contributed by atoms with E-state index in [1.807, 2.05) is 12.1 Å². The predicted molar refractivity (Wildman–Crippen MR) is 106 cm³/mol. The molecule has 0 heterocycles. The van der Waals surface area contributed by atoms with E-state index < -0.39 is 0 Å². The molecule has 1 aliphatic rings. The number of hydrogen-bond donors (Lipinski definition) is 1. The maximum absolute atomic E-state index is 11.2. The van der Waals surface area contributed by atoms with E-state index in [2.05, 4.69) is 61.5 Å². The summed E-state index contributed by atoms with van der Waals surface area (Å²) in [5, 5.41) is 11.2. The lowest BCUT2D eigenvalue weighted by molar-refractivity contribution is -0.0646. The highest BCUT2D eigenvalue weighted by atomic mass is 16.5. The van der Waals surface area contributed by atoms with Crippen LogP contribution >= 0.6 is 0 Å². The van der Waals surface area contributed by atoms with E-state index in [-0.39, 0.29) is 17.6 Å². The van der Waals surface area contributed by atoms with Crippen LogP contribution in [0.5, 0.6) is 5.75 Å². The molecule has 1 N–H and O–H groups in total. The highest BCUT2D eigenvalue weighted by Crippen LogP contribution is 2.50. The Labute approximate surface area is 157 Å². The Morgan fingerprint density at radius 2 is 1.88 bits per heavy atom. The van der Waals surface area contributed by atoms with Gasteiger partial charge in [0, 0.05) is 11.5 Å². The fraction of sp³-hybridized carbons (Fsp3) is 0.478. The van der Waals surface area contributed by atoms with Crippen LogP contribution in [0.1, 0.15) is 42.9 Å². The van der Waals surface area contributed by atoms with Crippen LogP contribution in [0.2, 0.25) is 0 Å². The van der Waals surface area contributed by atoms with E-state index in [0.29, 0.717) is 0 Å². The molecule has 0 saturated heterocycles. The summed E-state index contributed by atoms with van der Waals surface area (Å²) in [5.74, 6) is 0.879. The largest absolute Gasteiger partial charge is 0.497 e. The van der Waals surface area contributed by atoms with Gasteiger partial charge < -0.3 is 14.7 Å². The average molecular weight is 354 g/mol. The smallest absolute Gasteiger partial charge is 0.119 e. The van der Waals surface area contributed by atoms with Gasteiger partial charge in [-0.15, -0.1) is 0 Å². The van der Waals surface area contributed by atoms with Crippen LogP contribution in [0, 0.1) is 5.41 Å². The number of aliphatic hydroxyl groups is 1. The first-order valence-electron chi connectivity index (χ1n) is 9.59. The number of rotatable bonds is 6. The van der Waals surface area contributed by atoms with Gasteiger partial charge in [0.05, 0.1) is 13.2 Å². The molecule has 1 aliphatic carbocycles. The minimum atomic E-state index is -0.310. The van der Waals surface area contributed by atoms with Crippen LogP contribution in [-0.4, -0.2) is 37.3 Å². The van der Waals surface area contributed by atoms with Crippen LogP contribution in [-0.2, 0) is 6.42 Å². The van der Waals surface area contributed by atoms with Gasteiger partial charge >= 0.3 is 0 Å². The van der Waals surface area contributed by atoms with Crippen molar-refractivity contribution >= 4 is 0 Å². The molecule has 0 spiro atoms. The number of hydrogen-bond acceptors (Lipinski definition) is 3. The zero-order chi connectivity index (χ0) is 18.6. The fourth-order valence-corrected chi connectivity index (χ4v) is 4.81. The van der Waals surface area contributed by atoms with Gasteiger partial charge in [-0.2, -0.15) is 0 Å². The Morgan fingerprint density at radius 1 is 1.12 bits per heavy atom. The maximum Gasteiger partial charge on any atom is 0.119 e. The monoisotopic (exact) mass is 353 g/mol. The van der Waals surface area contributed by atoms with Crippen molar-refractivity contribution in [1.29, 1.82) is 0 Å². The van der Waals surface area contributed by atoms with Gasteiger partial charge in [0.1, 0.15) is 5.75 Å². The van der Waals surface area contributed by atoms with Crippen LogP contribution in [0.15, 0.2) is 54.6 Å². The molecule has 1 saturated carbocycles. The van der Waals surface area contributed by atoms with E-state index >= 15 is 0 Å². The number of aliphatic hydroxyl groups excluding tert-OH is 1. The molecule has 2 aromatic rings. The van der Waals surface area contributed by atoms with Crippen molar-refractivity contribution in [2.75, 3.05) is 21.2 Å². The zero-order valence-corrected chi connectivity index (χ0v) is 16.2. The van der Waals surface area contributed by atoms with Crippen LogP contribution in [0.4, 0.5) is 0 Å². The fourth-order valence-electron chi connectivity index (χ4n) is 4.81. The third-order valence-corrected chi connectivity index (χ3v) is 5.88. The normalized spacial score (nSPS) is 24.4. The van der Waals surface area contributed by atoms with E-state index in [1.54, 1.807) is 7.11 Å². The first kappa shape index (κ1) is 18.9. The molecule has 3 rings (SSSR count). The molecule has 0 bridgehead atoms. The molecule has 1 fully saturated rings. The summed E-state index contributed by atoms with van der Waals surface area (Å²) < 4.78 is 5.42. The Hall–Kier alpha value is -1.84. The van der Waals surface area contributed by atoms with Gasteiger partial charge in [-0.25, -0.2) is 0 Å². The molecule has 3 nitrogen and oxygen atoms in total. The van der Waals surface area contributed by atoms with E-state index in [9.17, 15) is 5.11 Å². The van der Waals surface area contributed by atoms with Crippen molar-refractivity contribution in [1.82, 2.24) is 4.90 Å². The number of ether oxygens (including phenoxy) is 1. The molecule has 2 aromatic carbocycles. The quantitative estimate of drug-likeness (QED) is 0.832. The van der Waals surface area contributed by atoms with Gasteiger partial charge in [0.15, 0.2) is 0 Å². The molecule has 3 unspecified atom stereocenters. The number of nitrogens with zero attached hydrogens (tertiary/aromatic N) is 1. The van der Waals surface area contributed by atoms with E-state index in [0.717, 1.165) is 37.9 Å². The molecular weight excluding hydrogens is 322 g/mol. The highest BCUT2D eigenvalue weighted by molar-refractivity contribution is 5.31. The summed E-state index contributed by atoms with van der Waals surface area (Å²) >= 11 is 0. The molecule has 3 atom stereocenters. The molecule has 140 valence electrons. The van der Waals surface area contributed by atoms with Crippen molar-refractivity contribution in [2.45, 2.75) is 44.2 Å². The Balaban J connectivity index is 2.05. The SMILES string of the molecule is COc1cccc(CC2(C(c3ccccc3)N(C)C)CCCCC2O)c1. The van der Waals surface area contributed by atoms with Crippen LogP contribution in [0.3, 0.4) is 0 Å². The first-order valence-corrected chi connectivity index (χ1v) is 9.59. The van der Waals surface area contributed by atoms with Crippen LogP contribution < -0.4 is 4.74 Å². The molecule has 0 radical (unpaired) electrons. The lowest BCUT2D eigenvalue weighted by Crippen LogP contribution is -2.49. The first-order chi connectivity index (χ1) is 12.6. The van der Waals surface area contributed by atoms with E-state index in [4.69, 9.17) is 4.74 Å². The Kier molecular flexibility index (Phi) is 6.00. The molecular formula is C23H31NO2. The Bertz CT molecular complexity index is 700. The summed E-state index contributed by atoms with van der Waals surface area (Å²) in [7, 11) is 5.97. The summed E-state index contributed by atoms with van der Waals surface area (Å²) in [6.07, 6.45) is 4.72. The lowest BCUT2D eigenvalue weighted by atomic mass is 9.62. The standard InChI is InChI=1S/C23H31NO2/c1-24(2)22(19-11-5-4-6-12-19)23(15-8-7-14-21(23)25)17-18-10-9-13-20(16-18)26-3/h4-6,9-13,16,21-22,25H,7-8,14-15,17H2,1-3H3. The number of benzene rings is 2. The maximum atomic E-state index is 11.2. The minimum absolute atomic E-state index is 0.171. The van der Waals surface area contributed by atoms with Crippen molar-refractivity contribution in [2.24, 2.45) is 5.41 Å². The second-order valence-corrected chi connectivity index (χ2v) is 7.80. The molecule has 0 amide bonds. The van der Waals surface area contributed by atoms with Gasteiger partial charge in [-0.3, -0.25) is 0 Å². The minimum Gasteiger partial charge on any atom is -0.497 e. The second kappa shape index (κ2) is 8.24. The van der Waals surface area contributed by atoms with Gasteiger partial charge in [-0.05, 0) is 56.6 Å². The molecule has 26 heavy (non-hydrogen) atoms. The van der Waals surface area contributed by atoms with Crippen molar-refractivity contribution in [3.8, 4) is 5.75 Å². The van der Waals surface area contributed by atoms with Crippen molar-refractivity contribution < 1.29 is 9.84 Å². The summed E-state index contributed by atoms with van der Waals surface area (Å²) in [4.78, 5) is 2.28. The third kappa shape index (κ3) is 3.79. The summed E-state index contributed by atoms with van der Waals surface area (Å²) in [6, 6.07) is 19.1. The second-order valence-electron chi connectivity index (χ2n) is 7.80. The van der Waals surface area contributed by atoms with Gasteiger partial charge in [-0.1, -0.05) is 55.3 Å². The topological polar surface area (TPSA) is 32.7 Å². The van der Waals surface area contributed by atoms with Crippen molar-refractivity contribution in [3.63, 3.8) is 0 Å². The zero-order valence-electron chi connectivity index (χ0n) is 16.2. The molecule has 3 heteroatoms. The average Bonchev–Trinajstić information content (AvgIpc) is 2.65. The lowest BCUT2D eigenvalue weighted by Gasteiger charge is -2.50.